The summed E-state index contributed by atoms with van der Waals surface area (Å²) in [7, 11) is -3.40. The van der Waals surface area contributed by atoms with Crippen molar-refractivity contribution in [2.45, 2.75) is 102 Å². The van der Waals surface area contributed by atoms with Crippen LogP contribution in [0.25, 0.3) is 0 Å². The Labute approximate surface area is 172 Å². The summed E-state index contributed by atoms with van der Waals surface area (Å²) in [5.74, 6) is 0. The minimum absolute atomic E-state index is 0.00264. The van der Waals surface area contributed by atoms with Crippen molar-refractivity contribution >= 4 is 27.3 Å². The summed E-state index contributed by atoms with van der Waals surface area (Å²) in [6.45, 7) is 4.16. The number of halogens is 1. The van der Waals surface area contributed by atoms with Crippen molar-refractivity contribution in [3.05, 3.63) is 30.3 Å². The van der Waals surface area contributed by atoms with E-state index in [1.807, 2.05) is 6.92 Å². The lowest BCUT2D eigenvalue weighted by Crippen LogP contribution is -2.28. The molecule has 155 valence electrons. The molecule has 0 spiro atoms. The number of rotatable bonds is 16. The molecule has 1 rings (SSSR count). The summed E-state index contributed by atoms with van der Waals surface area (Å²) < 4.78 is 28.4. The van der Waals surface area contributed by atoms with Gasteiger partial charge in [0, 0.05) is 11.1 Å². The van der Waals surface area contributed by atoms with Gasteiger partial charge in [-0.15, -0.1) is 11.6 Å². The molecule has 0 aliphatic heterocycles. The van der Waals surface area contributed by atoms with Gasteiger partial charge in [0.15, 0.2) is 0 Å². The Hall–Kier alpha value is -0.740. The Morgan fingerprint density at radius 3 is 2.04 bits per heavy atom. The standard InChI is InChI=1S/C22H37ClNO2S/c1-3-4-5-6-7-8-9-10-14-17-22(19-18-20(2)23)27(25,26)24-21-15-12-11-13-16-21/h12-13,15-16,20,22,24H,3-10,14,17-19H2,1-2H3. The number of alkyl halides is 1. The second kappa shape index (κ2) is 14.3. The lowest BCUT2D eigenvalue weighted by atomic mass is 10.0. The van der Waals surface area contributed by atoms with E-state index >= 15 is 0 Å². The largest absolute Gasteiger partial charge is 0.283 e. The van der Waals surface area contributed by atoms with Crippen LogP contribution in [0.3, 0.4) is 0 Å². The number of benzene rings is 1. The maximum absolute atomic E-state index is 12.8. The van der Waals surface area contributed by atoms with E-state index in [0.717, 1.165) is 12.8 Å². The molecule has 0 saturated heterocycles. The van der Waals surface area contributed by atoms with Gasteiger partial charge in [-0.05, 0) is 44.4 Å². The summed E-state index contributed by atoms with van der Waals surface area (Å²) in [4.78, 5) is 0. The molecule has 0 fully saturated rings. The Bertz CT molecular complexity index is 575. The van der Waals surface area contributed by atoms with E-state index in [4.69, 9.17) is 11.6 Å². The number of hydrogen-bond donors (Lipinski definition) is 1. The lowest BCUT2D eigenvalue weighted by molar-refractivity contribution is 0.522. The smallest absolute Gasteiger partial charge is 0.235 e. The van der Waals surface area contributed by atoms with Crippen LogP contribution >= 0.6 is 11.6 Å². The fourth-order valence-corrected chi connectivity index (χ4v) is 4.94. The predicted octanol–water partition coefficient (Wildman–Crippen LogP) is 6.93. The molecular weight excluding hydrogens is 378 g/mol. The highest BCUT2D eigenvalue weighted by Crippen LogP contribution is 2.22. The Balaban J connectivity index is 2.42. The molecule has 2 atom stereocenters. The van der Waals surface area contributed by atoms with Crippen molar-refractivity contribution < 1.29 is 8.42 Å². The highest BCUT2D eigenvalue weighted by atomic mass is 35.5. The molecule has 0 aliphatic carbocycles. The highest BCUT2D eigenvalue weighted by molar-refractivity contribution is 7.93. The van der Waals surface area contributed by atoms with E-state index in [2.05, 4.69) is 17.7 Å². The van der Waals surface area contributed by atoms with Crippen LogP contribution in [0.1, 0.15) is 90.9 Å². The van der Waals surface area contributed by atoms with E-state index in [9.17, 15) is 8.42 Å². The molecule has 27 heavy (non-hydrogen) atoms. The van der Waals surface area contributed by atoms with E-state index < -0.39 is 10.0 Å². The summed E-state index contributed by atoms with van der Waals surface area (Å²) >= 11 is 6.07. The number of nitrogens with one attached hydrogen (secondary N) is 1. The van der Waals surface area contributed by atoms with E-state index in [-0.39, 0.29) is 10.6 Å². The monoisotopic (exact) mass is 414 g/mol. The molecule has 0 heterocycles. The molecule has 5 heteroatoms. The van der Waals surface area contributed by atoms with Gasteiger partial charge in [-0.2, -0.15) is 0 Å². The number of sulfonamides is 1. The zero-order valence-corrected chi connectivity index (χ0v) is 18.6. The maximum atomic E-state index is 12.8. The third-order valence-corrected chi connectivity index (χ3v) is 7.02. The molecule has 1 aromatic rings. The molecule has 0 bridgehead atoms. The molecule has 3 nitrogen and oxygen atoms in total. The summed E-state index contributed by atoms with van der Waals surface area (Å²) in [5.41, 5.74) is 0.602. The number of hydrogen-bond acceptors (Lipinski definition) is 2. The normalized spacial score (nSPS) is 14.0. The van der Waals surface area contributed by atoms with Crippen molar-refractivity contribution in [3.8, 4) is 0 Å². The molecule has 1 N–H and O–H groups in total. The van der Waals surface area contributed by atoms with Gasteiger partial charge < -0.3 is 0 Å². The number of unbranched alkanes of at least 4 members (excludes halogenated alkanes) is 8. The molecular formula is C22H37ClNO2S. The first kappa shape index (κ1) is 24.3. The lowest BCUT2D eigenvalue weighted by Gasteiger charge is -2.19. The zero-order chi connectivity index (χ0) is 20.0. The van der Waals surface area contributed by atoms with Gasteiger partial charge >= 0.3 is 0 Å². The zero-order valence-electron chi connectivity index (χ0n) is 17.1. The Morgan fingerprint density at radius 1 is 0.926 bits per heavy atom. The third-order valence-electron chi connectivity index (χ3n) is 4.93. The van der Waals surface area contributed by atoms with E-state index in [0.29, 0.717) is 24.9 Å². The van der Waals surface area contributed by atoms with E-state index in [1.165, 1.54) is 44.9 Å². The third kappa shape index (κ3) is 11.6. The van der Waals surface area contributed by atoms with Gasteiger partial charge in [0.05, 0.1) is 5.25 Å². The predicted molar refractivity (Wildman–Crippen MR) is 118 cm³/mol. The van der Waals surface area contributed by atoms with Crippen LogP contribution in [0.15, 0.2) is 24.3 Å². The molecule has 0 aromatic heterocycles. The Kier molecular flexibility index (Phi) is 12.9. The molecule has 0 aliphatic rings. The second-order valence-corrected chi connectivity index (χ2v) is 10.2. The molecule has 1 aromatic carbocycles. The van der Waals surface area contributed by atoms with Crippen LogP contribution in [0.5, 0.6) is 0 Å². The van der Waals surface area contributed by atoms with Crippen molar-refractivity contribution in [2.75, 3.05) is 4.72 Å². The van der Waals surface area contributed by atoms with Gasteiger partial charge in [0.25, 0.3) is 0 Å². The second-order valence-electron chi connectivity index (χ2n) is 7.53. The van der Waals surface area contributed by atoms with Crippen molar-refractivity contribution in [1.82, 2.24) is 0 Å². The number of anilines is 1. The van der Waals surface area contributed by atoms with Crippen LogP contribution in [0, 0.1) is 6.07 Å². The highest BCUT2D eigenvalue weighted by Gasteiger charge is 2.25. The summed E-state index contributed by atoms with van der Waals surface area (Å²) in [5, 5.41) is -0.385. The van der Waals surface area contributed by atoms with Gasteiger partial charge in [0.2, 0.25) is 10.0 Å². The SMILES string of the molecule is CCCCCCCCCCCC(CCC(C)Cl)S(=O)(=O)Nc1cc[c]cc1. The average molecular weight is 415 g/mol. The quantitative estimate of drug-likeness (QED) is 0.235. The van der Waals surface area contributed by atoms with Crippen LogP contribution in [0.4, 0.5) is 5.69 Å². The van der Waals surface area contributed by atoms with Gasteiger partial charge in [-0.25, -0.2) is 8.42 Å². The Morgan fingerprint density at radius 2 is 1.48 bits per heavy atom. The minimum Gasteiger partial charge on any atom is -0.283 e. The van der Waals surface area contributed by atoms with Crippen LogP contribution < -0.4 is 4.72 Å². The van der Waals surface area contributed by atoms with E-state index in [1.54, 1.807) is 24.3 Å². The van der Waals surface area contributed by atoms with Gasteiger partial charge in [-0.1, -0.05) is 76.8 Å². The first-order chi connectivity index (χ1) is 13.0. The van der Waals surface area contributed by atoms with Crippen LogP contribution in [-0.4, -0.2) is 19.0 Å². The van der Waals surface area contributed by atoms with Crippen molar-refractivity contribution in [1.29, 1.82) is 0 Å². The first-order valence-corrected chi connectivity index (χ1v) is 12.6. The summed E-state index contributed by atoms with van der Waals surface area (Å²) in [6, 6.07) is 9.81. The molecule has 1 radical (unpaired) electrons. The topological polar surface area (TPSA) is 46.2 Å². The fourth-order valence-electron chi connectivity index (χ4n) is 3.26. The van der Waals surface area contributed by atoms with Crippen LogP contribution in [0.2, 0.25) is 0 Å². The van der Waals surface area contributed by atoms with Gasteiger partial charge in [0.1, 0.15) is 0 Å². The first-order valence-electron chi connectivity index (χ1n) is 10.6. The van der Waals surface area contributed by atoms with Gasteiger partial charge in [-0.3, -0.25) is 4.72 Å². The molecule has 0 saturated carbocycles. The minimum atomic E-state index is -3.40. The molecule has 0 amide bonds. The molecule has 2 unspecified atom stereocenters. The summed E-state index contributed by atoms with van der Waals surface area (Å²) in [6.07, 6.45) is 13.2. The average Bonchev–Trinajstić information content (AvgIpc) is 2.62. The van der Waals surface area contributed by atoms with Crippen LogP contribution in [-0.2, 0) is 10.0 Å². The van der Waals surface area contributed by atoms with Crippen molar-refractivity contribution in [2.24, 2.45) is 0 Å². The fraction of sp³-hybridized carbons (Fsp3) is 0.727. The van der Waals surface area contributed by atoms with Crippen molar-refractivity contribution in [3.63, 3.8) is 0 Å². The maximum Gasteiger partial charge on any atom is 0.235 e.